The lowest BCUT2D eigenvalue weighted by atomic mass is 9.89. The van der Waals surface area contributed by atoms with Gasteiger partial charge in [-0.25, -0.2) is 0 Å². The smallest absolute Gasteiger partial charge is 0.308 e. The summed E-state index contributed by atoms with van der Waals surface area (Å²) < 4.78 is 10.5. The van der Waals surface area contributed by atoms with E-state index in [2.05, 4.69) is 19.2 Å². The Balaban J connectivity index is 2.41. The van der Waals surface area contributed by atoms with Crippen LogP contribution < -0.4 is 14.8 Å². The van der Waals surface area contributed by atoms with Crippen LogP contribution in [0.4, 0.5) is 0 Å². The number of methoxy groups -OCH3 is 1. The first-order valence-corrected chi connectivity index (χ1v) is 6.70. The highest BCUT2D eigenvalue weighted by Crippen LogP contribution is 2.36. The molecule has 0 unspecified atom stereocenters. The van der Waals surface area contributed by atoms with Gasteiger partial charge in [0.1, 0.15) is 0 Å². The number of nitrogens with one attached hydrogen (secondary N) is 1. The van der Waals surface area contributed by atoms with Crippen molar-refractivity contribution in [2.45, 2.75) is 45.7 Å². The molecule has 0 aliphatic carbocycles. The molecule has 19 heavy (non-hydrogen) atoms. The van der Waals surface area contributed by atoms with Crippen molar-refractivity contribution in [2.24, 2.45) is 0 Å². The normalized spacial score (nSPS) is 21.7. The van der Waals surface area contributed by atoms with Gasteiger partial charge in [-0.2, -0.15) is 0 Å². The van der Waals surface area contributed by atoms with Crippen molar-refractivity contribution in [1.82, 2.24) is 5.32 Å². The van der Waals surface area contributed by atoms with Gasteiger partial charge in [-0.3, -0.25) is 4.79 Å². The first-order valence-electron chi connectivity index (χ1n) is 6.70. The second kappa shape index (κ2) is 5.61. The van der Waals surface area contributed by atoms with Crippen LogP contribution in [0.25, 0.3) is 0 Å². The van der Waals surface area contributed by atoms with E-state index in [4.69, 9.17) is 9.47 Å². The molecule has 0 spiro atoms. The van der Waals surface area contributed by atoms with Crippen LogP contribution in [0.15, 0.2) is 12.1 Å². The van der Waals surface area contributed by atoms with Crippen molar-refractivity contribution in [2.75, 3.05) is 7.11 Å². The van der Waals surface area contributed by atoms with Crippen LogP contribution in [0.1, 0.15) is 44.4 Å². The molecular weight excluding hydrogens is 242 g/mol. The minimum Gasteiger partial charge on any atom is -0.493 e. The topological polar surface area (TPSA) is 47.6 Å². The van der Waals surface area contributed by atoms with E-state index in [1.54, 1.807) is 7.11 Å². The maximum absolute atomic E-state index is 11.1. The van der Waals surface area contributed by atoms with E-state index in [9.17, 15) is 4.79 Å². The summed E-state index contributed by atoms with van der Waals surface area (Å²) in [4.78, 5) is 11.1. The maximum atomic E-state index is 11.1. The highest BCUT2D eigenvalue weighted by molar-refractivity contribution is 5.70. The third-order valence-corrected chi connectivity index (χ3v) is 3.59. The molecule has 1 aliphatic heterocycles. The van der Waals surface area contributed by atoms with Crippen LogP contribution in [0.3, 0.4) is 0 Å². The van der Waals surface area contributed by atoms with Crippen LogP contribution in [0.5, 0.6) is 11.5 Å². The zero-order valence-electron chi connectivity index (χ0n) is 11.9. The minimum absolute atomic E-state index is 0.258. The number of hydrogen-bond donors (Lipinski definition) is 1. The number of fused-ring (bicyclic) bond motifs is 1. The van der Waals surface area contributed by atoms with Crippen LogP contribution >= 0.6 is 0 Å². The Bertz CT molecular complexity index is 485. The summed E-state index contributed by atoms with van der Waals surface area (Å²) in [5.74, 6) is 0.788. The zero-order valence-corrected chi connectivity index (χ0v) is 11.9. The van der Waals surface area contributed by atoms with Crippen molar-refractivity contribution in [3.8, 4) is 11.5 Å². The third kappa shape index (κ3) is 2.89. The molecule has 0 aromatic heterocycles. The van der Waals surface area contributed by atoms with Gasteiger partial charge >= 0.3 is 5.97 Å². The fraction of sp³-hybridized carbons (Fsp3) is 0.533. The Morgan fingerprint density at radius 3 is 2.74 bits per heavy atom. The van der Waals surface area contributed by atoms with Gasteiger partial charge in [-0.15, -0.1) is 0 Å². The van der Waals surface area contributed by atoms with E-state index < -0.39 is 0 Å². The van der Waals surface area contributed by atoms with Crippen LogP contribution in [0, 0.1) is 0 Å². The number of benzene rings is 1. The molecule has 0 amide bonds. The predicted molar refractivity (Wildman–Crippen MR) is 73.6 cm³/mol. The summed E-state index contributed by atoms with van der Waals surface area (Å²) in [6.07, 6.45) is 2.07. The molecule has 1 aromatic rings. The van der Waals surface area contributed by atoms with Crippen molar-refractivity contribution in [3.05, 3.63) is 23.3 Å². The first-order chi connectivity index (χ1) is 9.05. The quantitative estimate of drug-likeness (QED) is 0.672. The first kappa shape index (κ1) is 13.9. The van der Waals surface area contributed by atoms with Gasteiger partial charge in [-0.05, 0) is 43.0 Å². The Hall–Kier alpha value is -1.55. The molecule has 1 N–H and O–H groups in total. The molecule has 1 aromatic carbocycles. The summed E-state index contributed by atoms with van der Waals surface area (Å²) in [7, 11) is 1.59. The molecule has 2 rings (SSSR count). The van der Waals surface area contributed by atoms with E-state index in [0.29, 0.717) is 17.5 Å². The van der Waals surface area contributed by atoms with Gasteiger partial charge < -0.3 is 14.8 Å². The minimum atomic E-state index is -0.332. The molecule has 0 saturated carbocycles. The third-order valence-electron chi connectivity index (χ3n) is 3.59. The van der Waals surface area contributed by atoms with E-state index in [0.717, 1.165) is 12.8 Å². The standard InChI is InChI=1S/C15H21NO3/c1-5-12-6-11-7-14(18-4)15(19-10(3)17)8-13(11)9(2)16-12/h7-9,12,16H,5-6H2,1-4H3/t9-,12+/m1/s1. The second-order valence-corrected chi connectivity index (χ2v) is 4.99. The van der Waals surface area contributed by atoms with Crippen molar-refractivity contribution in [1.29, 1.82) is 0 Å². The molecule has 0 saturated heterocycles. The average molecular weight is 263 g/mol. The molecule has 0 radical (unpaired) electrons. The molecule has 1 heterocycles. The number of rotatable bonds is 3. The summed E-state index contributed by atoms with van der Waals surface area (Å²) >= 11 is 0. The highest BCUT2D eigenvalue weighted by atomic mass is 16.6. The molecule has 0 bridgehead atoms. The summed E-state index contributed by atoms with van der Waals surface area (Å²) in [5.41, 5.74) is 2.45. The molecular formula is C15H21NO3. The Kier molecular flexibility index (Phi) is 4.10. The van der Waals surface area contributed by atoms with Crippen LogP contribution in [-0.4, -0.2) is 19.1 Å². The van der Waals surface area contributed by atoms with Gasteiger partial charge in [0.2, 0.25) is 0 Å². The SMILES string of the molecule is CC[C@H]1Cc2cc(OC)c(OC(C)=O)cc2[C@@H](C)N1. The number of carbonyl (C=O) groups excluding carboxylic acids is 1. The van der Waals surface area contributed by atoms with Crippen LogP contribution in [-0.2, 0) is 11.2 Å². The number of ether oxygens (including phenoxy) is 2. The Morgan fingerprint density at radius 1 is 1.42 bits per heavy atom. The molecule has 104 valence electrons. The van der Waals surface area contributed by atoms with E-state index in [1.165, 1.54) is 18.1 Å². The predicted octanol–water partition coefficient (Wildman–Crippen LogP) is 2.61. The van der Waals surface area contributed by atoms with Crippen molar-refractivity contribution in [3.63, 3.8) is 0 Å². The number of carbonyl (C=O) groups is 1. The fourth-order valence-corrected chi connectivity index (χ4v) is 2.62. The summed E-state index contributed by atoms with van der Waals surface area (Å²) in [6, 6.07) is 4.66. The second-order valence-electron chi connectivity index (χ2n) is 4.99. The van der Waals surface area contributed by atoms with E-state index in [1.807, 2.05) is 12.1 Å². The van der Waals surface area contributed by atoms with Gasteiger partial charge in [-0.1, -0.05) is 6.92 Å². The molecule has 4 nitrogen and oxygen atoms in total. The highest BCUT2D eigenvalue weighted by Gasteiger charge is 2.24. The lowest BCUT2D eigenvalue weighted by molar-refractivity contribution is -0.132. The molecule has 2 atom stereocenters. The van der Waals surface area contributed by atoms with E-state index in [-0.39, 0.29) is 12.0 Å². The zero-order chi connectivity index (χ0) is 14.0. The van der Waals surface area contributed by atoms with E-state index >= 15 is 0 Å². The Labute approximate surface area is 114 Å². The fourth-order valence-electron chi connectivity index (χ4n) is 2.62. The largest absolute Gasteiger partial charge is 0.493 e. The molecule has 0 fully saturated rings. The summed E-state index contributed by atoms with van der Waals surface area (Å²) in [6.45, 7) is 5.71. The maximum Gasteiger partial charge on any atom is 0.308 e. The van der Waals surface area contributed by atoms with Crippen molar-refractivity contribution >= 4 is 5.97 Å². The summed E-state index contributed by atoms with van der Waals surface area (Å²) in [5, 5.41) is 3.56. The monoisotopic (exact) mass is 263 g/mol. The number of hydrogen-bond acceptors (Lipinski definition) is 4. The van der Waals surface area contributed by atoms with Gasteiger partial charge in [0.25, 0.3) is 0 Å². The van der Waals surface area contributed by atoms with Gasteiger partial charge in [0, 0.05) is 19.0 Å². The Morgan fingerprint density at radius 2 is 2.16 bits per heavy atom. The lowest BCUT2D eigenvalue weighted by Gasteiger charge is -2.31. The number of esters is 1. The molecule has 4 heteroatoms. The van der Waals surface area contributed by atoms with Crippen molar-refractivity contribution < 1.29 is 14.3 Å². The van der Waals surface area contributed by atoms with Gasteiger partial charge in [0.05, 0.1) is 7.11 Å². The average Bonchev–Trinajstić information content (AvgIpc) is 2.37. The lowest BCUT2D eigenvalue weighted by Crippen LogP contribution is -2.37. The molecule has 1 aliphatic rings. The van der Waals surface area contributed by atoms with Gasteiger partial charge in [0.15, 0.2) is 11.5 Å². The van der Waals surface area contributed by atoms with Crippen LogP contribution in [0.2, 0.25) is 0 Å².